The highest BCUT2D eigenvalue weighted by Crippen LogP contribution is 2.30. The molecule has 0 spiro atoms. The molecule has 3 rings (SSSR count). The zero-order valence-corrected chi connectivity index (χ0v) is 11.1. The van der Waals surface area contributed by atoms with E-state index >= 15 is 0 Å². The number of hydrogen-bond acceptors (Lipinski definition) is 3. The molecule has 0 bridgehead atoms. The first-order valence-corrected chi connectivity index (χ1v) is 6.58. The number of aromatic nitrogens is 2. The number of ether oxygens (including phenoxy) is 1. The molecule has 0 atom stereocenters. The highest BCUT2D eigenvalue weighted by Gasteiger charge is 2.30. The summed E-state index contributed by atoms with van der Waals surface area (Å²) in [6.45, 7) is 2.45. The second kappa shape index (κ2) is 5.40. The maximum absolute atomic E-state index is 12.7. The summed E-state index contributed by atoms with van der Waals surface area (Å²) in [6.07, 6.45) is -1.27. The van der Waals surface area contributed by atoms with Crippen LogP contribution in [0.1, 0.15) is 5.56 Å². The van der Waals surface area contributed by atoms with Gasteiger partial charge in [0.05, 0.1) is 30.3 Å². The molecule has 21 heavy (non-hydrogen) atoms. The van der Waals surface area contributed by atoms with Gasteiger partial charge in [0, 0.05) is 19.0 Å². The van der Waals surface area contributed by atoms with E-state index in [1.165, 1.54) is 16.9 Å². The van der Waals surface area contributed by atoms with Crippen molar-refractivity contribution in [1.82, 2.24) is 15.1 Å². The third-order valence-corrected chi connectivity index (χ3v) is 3.35. The van der Waals surface area contributed by atoms with Crippen molar-refractivity contribution in [2.45, 2.75) is 6.18 Å². The molecule has 2 aromatic rings. The van der Waals surface area contributed by atoms with Gasteiger partial charge in [-0.1, -0.05) is 6.07 Å². The largest absolute Gasteiger partial charge is 0.490 e. The molecule has 1 saturated heterocycles. The Kier molecular flexibility index (Phi) is 3.59. The summed E-state index contributed by atoms with van der Waals surface area (Å²) in [6, 6.07) is 5.03. The van der Waals surface area contributed by atoms with Crippen LogP contribution < -0.4 is 10.1 Å². The van der Waals surface area contributed by atoms with E-state index in [1.807, 2.05) is 0 Å². The predicted octanol–water partition coefficient (Wildman–Crippen LogP) is 2.49. The van der Waals surface area contributed by atoms with Crippen LogP contribution in [-0.4, -0.2) is 29.5 Å². The molecule has 112 valence electrons. The lowest BCUT2D eigenvalue weighted by Crippen LogP contribution is -2.45. The second-order valence-electron chi connectivity index (χ2n) is 5.00. The first-order valence-electron chi connectivity index (χ1n) is 6.58. The third kappa shape index (κ3) is 3.18. The summed E-state index contributed by atoms with van der Waals surface area (Å²) in [5, 5.41) is 7.18. The second-order valence-corrected chi connectivity index (χ2v) is 5.00. The van der Waals surface area contributed by atoms with Crippen molar-refractivity contribution in [3.63, 3.8) is 0 Å². The highest BCUT2D eigenvalue weighted by molar-refractivity contribution is 5.37. The van der Waals surface area contributed by atoms with E-state index in [4.69, 9.17) is 4.74 Å². The molecule has 2 heterocycles. The number of hydrogen-bond donors (Lipinski definition) is 1. The van der Waals surface area contributed by atoms with Crippen molar-refractivity contribution < 1.29 is 17.9 Å². The summed E-state index contributed by atoms with van der Waals surface area (Å²) < 4.78 is 45.0. The van der Waals surface area contributed by atoms with Gasteiger partial charge in [0.1, 0.15) is 0 Å². The summed E-state index contributed by atoms with van der Waals surface area (Å²) in [5.41, 5.74) is -0.344. The summed E-state index contributed by atoms with van der Waals surface area (Å²) in [7, 11) is 0. The molecule has 1 aromatic carbocycles. The average molecular weight is 297 g/mol. The fraction of sp³-hybridized carbons (Fsp3) is 0.357. The van der Waals surface area contributed by atoms with Gasteiger partial charge in [-0.25, -0.2) is 4.68 Å². The zero-order valence-electron chi connectivity index (χ0n) is 11.1. The van der Waals surface area contributed by atoms with E-state index < -0.39 is 11.7 Å². The van der Waals surface area contributed by atoms with Crippen molar-refractivity contribution >= 4 is 0 Å². The van der Waals surface area contributed by atoms with Crippen LogP contribution in [0.25, 0.3) is 5.69 Å². The van der Waals surface area contributed by atoms with Crippen molar-refractivity contribution in [1.29, 1.82) is 0 Å². The van der Waals surface area contributed by atoms with Crippen LogP contribution in [0, 0.1) is 5.92 Å². The van der Waals surface area contributed by atoms with Crippen LogP contribution >= 0.6 is 0 Å². The Morgan fingerprint density at radius 1 is 1.33 bits per heavy atom. The average Bonchev–Trinajstić information content (AvgIpc) is 2.85. The Bertz CT molecular complexity index is 620. The van der Waals surface area contributed by atoms with Crippen LogP contribution in [0.5, 0.6) is 5.75 Å². The SMILES string of the molecule is FC(F)(F)c1cccc(-n2cc(OCC3CNC3)cn2)c1. The lowest BCUT2D eigenvalue weighted by molar-refractivity contribution is -0.137. The summed E-state index contributed by atoms with van der Waals surface area (Å²) in [5.74, 6) is 1.04. The molecule has 0 aliphatic carbocycles. The molecule has 1 aromatic heterocycles. The fourth-order valence-corrected chi connectivity index (χ4v) is 2.03. The maximum atomic E-state index is 12.7. The van der Waals surface area contributed by atoms with E-state index in [0.29, 0.717) is 24.0 Å². The van der Waals surface area contributed by atoms with Crippen LogP contribution in [0.2, 0.25) is 0 Å². The minimum atomic E-state index is -4.36. The number of nitrogens with one attached hydrogen (secondary N) is 1. The Balaban J connectivity index is 1.73. The minimum Gasteiger partial charge on any atom is -0.490 e. The molecule has 7 heteroatoms. The normalized spacial score (nSPS) is 15.8. The summed E-state index contributed by atoms with van der Waals surface area (Å²) in [4.78, 5) is 0. The van der Waals surface area contributed by atoms with Gasteiger partial charge in [0.15, 0.2) is 5.75 Å². The van der Waals surface area contributed by atoms with Crippen molar-refractivity contribution in [2.75, 3.05) is 19.7 Å². The highest BCUT2D eigenvalue weighted by atomic mass is 19.4. The molecular formula is C14H14F3N3O. The fourth-order valence-electron chi connectivity index (χ4n) is 2.03. The molecule has 1 fully saturated rings. The van der Waals surface area contributed by atoms with Crippen LogP contribution in [0.3, 0.4) is 0 Å². The lowest BCUT2D eigenvalue weighted by atomic mass is 10.1. The monoisotopic (exact) mass is 297 g/mol. The number of alkyl halides is 3. The number of rotatable bonds is 4. The van der Waals surface area contributed by atoms with Gasteiger partial charge in [-0.05, 0) is 18.2 Å². The van der Waals surface area contributed by atoms with E-state index in [1.54, 1.807) is 12.3 Å². The summed E-state index contributed by atoms with van der Waals surface area (Å²) >= 11 is 0. The molecular weight excluding hydrogens is 283 g/mol. The van der Waals surface area contributed by atoms with Gasteiger partial charge in [0.25, 0.3) is 0 Å². The van der Waals surface area contributed by atoms with Gasteiger partial charge in [-0.15, -0.1) is 0 Å². The van der Waals surface area contributed by atoms with E-state index in [2.05, 4.69) is 10.4 Å². The molecule has 4 nitrogen and oxygen atoms in total. The van der Waals surface area contributed by atoms with Crippen molar-refractivity contribution in [3.05, 3.63) is 42.2 Å². The minimum absolute atomic E-state index is 0.352. The number of halogens is 3. The Morgan fingerprint density at radius 3 is 2.81 bits per heavy atom. The zero-order chi connectivity index (χ0) is 14.9. The van der Waals surface area contributed by atoms with Crippen LogP contribution in [0.15, 0.2) is 36.7 Å². The van der Waals surface area contributed by atoms with Crippen molar-refractivity contribution in [3.8, 4) is 11.4 Å². The molecule has 0 unspecified atom stereocenters. The predicted molar refractivity (Wildman–Crippen MR) is 70.4 cm³/mol. The van der Waals surface area contributed by atoms with Crippen molar-refractivity contribution in [2.24, 2.45) is 5.92 Å². The third-order valence-electron chi connectivity index (χ3n) is 3.35. The molecule has 0 radical (unpaired) electrons. The molecule has 0 amide bonds. The number of nitrogens with zero attached hydrogens (tertiary/aromatic N) is 2. The molecule has 1 aliphatic rings. The number of benzene rings is 1. The van der Waals surface area contributed by atoms with E-state index in [9.17, 15) is 13.2 Å². The van der Waals surface area contributed by atoms with Gasteiger partial charge < -0.3 is 10.1 Å². The Labute approximate surface area is 119 Å². The first kappa shape index (κ1) is 13.9. The molecule has 1 N–H and O–H groups in total. The van der Waals surface area contributed by atoms with Gasteiger partial charge in [0.2, 0.25) is 0 Å². The smallest absolute Gasteiger partial charge is 0.416 e. The first-order chi connectivity index (χ1) is 10.0. The van der Waals surface area contributed by atoms with Gasteiger partial charge in [-0.3, -0.25) is 0 Å². The molecule has 1 aliphatic heterocycles. The van der Waals surface area contributed by atoms with Gasteiger partial charge >= 0.3 is 6.18 Å². The maximum Gasteiger partial charge on any atom is 0.416 e. The van der Waals surface area contributed by atoms with E-state index in [0.717, 1.165) is 25.2 Å². The quantitative estimate of drug-likeness (QED) is 0.942. The van der Waals surface area contributed by atoms with E-state index in [-0.39, 0.29) is 0 Å². The Morgan fingerprint density at radius 2 is 2.14 bits per heavy atom. The van der Waals surface area contributed by atoms with Crippen LogP contribution in [0.4, 0.5) is 13.2 Å². The Hall–Kier alpha value is -2.02. The molecule has 0 saturated carbocycles. The standard InChI is InChI=1S/C14H14F3N3O/c15-14(16,17)11-2-1-3-12(4-11)20-8-13(7-19-20)21-9-10-5-18-6-10/h1-4,7-8,10,18H,5-6,9H2. The van der Waals surface area contributed by atoms with Crippen LogP contribution in [-0.2, 0) is 6.18 Å². The lowest BCUT2D eigenvalue weighted by Gasteiger charge is -2.26. The topological polar surface area (TPSA) is 39.1 Å². The van der Waals surface area contributed by atoms with Gasteiger partial charge in [-0.2, -0.15) is 18.3 Å².